The number of hydrogen-bond acceptors (Lipinski definition) is 2. The summed E-state index contributed by atoms with van der Waals surface area (Å²) in [7, 11) is 1.37. The molecule has 0 amide bonds. The van der Waals surface area contributed by atoms with E-state index in [-0.39, 0.29) is 0 Å². The maximum Gasteiger partial charge on any atom is 0.658 e. The van der Waals surface area contributed by atoms with Crippen LogP contribution in [0.2, 0.25) is 0 Å². The van der Waals surface area contributed by atoms with Crippen molar-refractivity contribution in [3.8, 4) is 11.5 Å². The van der Waals surface area contributed by atoms with Crippen molar-refractivity contribution in [2.24, 2.45) is 0 Å². The van der Waals surface area contributed by atoms with Gasteiger partial charge in [0.2, 0.25) is 0 Å². The van der Waals surface area contributed by atoms with E-state index in [0.717, 1.165) is 59.4 Å². The van der Waals surface area contributed by atoms with Crippen LogP contribution >= 0.6 is 0 Å². The molecule has 0 bridgehead atoms. The van der Waals surface area contributed by atoms with Crippen LogP contribution in [-0.2, 0) is 25.7 Å². The Kier molecular flexibility index (Phi) is 8.24. The lowest BCUT2D eigenvalue weighted by Gasteiger charge is -2.12. The molecule has 0 aliphatic heterocycles. The maximum atomic E-state index is 5.73. The van der Waals surface area contributed by atoms with Gasteiger partial charge >= 0.3 is 7.69 Å². The van der Waals surface area contributed by atoms with Crippen LogP contribution in [-0.4, -0.2) is 7.69 Å². The van der Waals surface area contributed by atoms with Gasteiger partial charge in [-0.05, 0) is 72.2 Å². The third-order valence-electron chi connectivity index (χ3n) is 3.94. The van der Waals surface area contributed by atoms with Gasteiger partial charge in [0, 0.05) is 0 Å². The zero-order valence-electron chi connectivity index (χ0n) is 15.8. The van der Waals surface area contributed by atoms with Gasteiger partial charge in [-0.15, -0.1) is 26.3 Å². The van der Waals surface area contributed by atoms with Crippen LogP contribution in [0.4, 0.5) is 0 Å². The van der Waals surface area contributed by atoms with Gasteiger partial charge in [-0.25, -0.2) is 0 Å². The summed E-state index contributed by atoms with van der Waals surface area (Å²) in [5.41, 5.74) is 4.59. The van der Waals surface area contributed by atoms with Gasteiger partial charge in [0.15, 0.2) is 0 Å². The van der Waals surface area contributed by atoms with Crippen LogP contribution in [0.25, 0.3) is 0 Å². The highest BCUT2D eigenvalue weighted by atomic mass is 16.6. The Morgan fingerprint density at radius 1 is 0.556 bits per heavy atom. The quantitative estimate of drug-likeness (QED) is 0.364. The molecule has 0 aliphatic rings. The SMILES string of the molecule is C=CCc1cc(CC=C)cc(O[B]Oc2cc(CC=C)cc(CC=C)c2)c1. The molecule has 0 N–H and O–H groups in total. The van der Waals surface area contributed by atoms with Crippen LogP contribution in [0.1, 0.15) is 22.3 Å². The summed E-state index contributed by atoms with van der Waals surface area (Å²) in [5, 5.41) is 0. The maximum absolute atomic E-state index is 5.73. The fourth-order valence-electron chi connectivity index (χ4n) is 2.87. The molecule has 0 spiro atoms. The molecule has 0 saturated carbocycles. The van der Waals surface area contributed by atoms with Crippen molar-refractivity contribution in [1.29, 1.82) is 0 Å². The van der Waals surface area contributed by atoms with Gasteiger partial charge in [0.25, 0.3) is 0 Å². The van der Waals surface area contributed by atoms with Gasteiger partial charge in [-0.3, -0.25) is 0 Å². The molecular formula is C24H26BO2. The Morgan fingerprint density at radius 3 is 1.11 bits per heavy atom. The lowest BCUT2D eigenvalue weighted by molar-refractivity contribution is 0.458. The number of allylic oxidation sites excluding steroid dienone is 4. The zero-order chi connectivity index (χ0) is 19.5. The monoisotopic (exact) mass is 357 g/mol. The molecule has 3 heteroatoms. The molecule has 0 atom stereocenters. The summed E-state index contributed by atoms with van der Waals surface area (Å²) in [4.78, 5) is 0. The molecule has 137 valence electrons. The van der Waals surface area contributed by atoms with E-state index < -0.39 is 0 Å². The Labute approximate surface area is 163 Å². The first-order valence-electron chi connectivity index (χ1n) is 9.02. The van der Waals surface area contributed by atoms with Gasteiger partial charge < -0.3 is 9.31 Å². The molecular weight excluding hydrogens is 331 g/mol. The Bertz CT molecular complexity index is 684. The van der Waals surface area contributed by atoms with Gasteiger partial charge in [-0.1, -0.05) is 36.4 Å². The standard InChI is InChI=1S/C24H26BO2/c1-5-9-19-13-20(10-6-2)16-23(15-19)26-25-27-24-17-21(11-7-3)14-22(18-24)12-8-4/h5-8,13-18H,1-4,9-12H2. The molecule has 1 radical (unpaired) electrons. The van der Waals surface area contributed by atoms with E-state index >= 15 is 0 Å². The molecule has 0 saturated heterocycles. The smallest absolute Gasteiger partial charge is 0.526 e. The molecule has 2 aromatic rings. The summed E-state index contributed by atoms with van der Waals surface area (Å²) in [6, 6.07) is 12.2. The molecule has 2 aromatic carbocycles. The highest BCUT2D eigenvalue weighted by molar-refractivity contribution is 6.20. The molecule has 2 rings (SSSR count). The second-order valence-corrected chi connectivity index (χ2v) is 6.27. The van der Waals surface area contributed by atoms with E-state index in [1.165, 1.54) is 7.69 Å². The molecule has 0 unspecified atom stereocenters. The minimum atomic E-state index is 0.736. The van der Waals surface area contributed by atoms with Crippen molar-refractivity contribution < 1.29 is 9.31 Å². The van der Waals surface area contributed by atoms with Gasteiger partial charge in [0.1, 0.15) is 11.5 Å². The normalized spacial score (nSPS) is 9.93. The fraction of sp³-hybridized carbons (Fsp3) is 0.167. The van der Waals surface area contributed by atoms with Gasteiger partial charge in [-0.2, -0.15) is 0 Å². The Balaban J connectivity index is 2.08. The largest absolute Gasteiger partial charge is 0.658 e. The summed E-state index contributed by atoms with van der Waals surface area (Å²) in [5.74, 6) is 1.47. The third kappa shape index (κ3) is 6.71. The average molecular weight is 357 g/mol. The summed E-state index contributed by atoms with van der Waals surface area (Å²) < 4.78 is 11.5. The minimum Gasteiger partial charge on any atom is -0.526 e. The Hall–Kier alpha value is -2.94. The zero-order valence-corrected chi connectivity index (χ0v) is 15.8. The van der Waals surface area contributed by atoms with Crippen molar-refractivity contribution >= 4 is 7.69 Å². The highest BCUT2D eigenvalue weighted by Gasteiger charge is 2.07. The van der Waals surface area contributed by atoms with E-state index in [9.17, 15) is 0 Å². The summed E-state index contributed by atoms with van der Waals surface area (Å²) in [6.07, 6.45) is 10.7. The van der Waals surface area contributed by atoms with Crippen LogP contribution < -0.4 is 9.31 Å². The van der Waals surface area contributed by atoms with Crippen LogP contribution in [0, 0.1) is 0 Å². The van der Waals surface area contributed by atoms with Gasteiger partial charge in [0.05, 0.1) is 0 Å². The van der Waals surface area contributed by atoms with Crippen molar-refractivity contribution in [3.05, 3.63) is 109 Å². The van der Waals surface area contributed by atoms with Crippen LogP contribution in [0.5, 0.6) is 11.5 Å². The first kappa shape index (κ1) is 20.4. The van der Waals surface area contributed by atoms with E-state index in [4.69, 9.17) is 9.31 Å². The molecule has 27 heavy (non-hydrogen) atoms. The number of hydrogen-bond donors (Lipinski definition) is 0. The first-order chi connectivity index (χ1) is 13.2. The predicted molar refractivity (Wildman–Crippen MR) is 115 cm³/mol. The number of benzene rings is 2. The second-order valence-electron chi connectivity index (χ2n) is 6.27. The van der Waals surface area contributed by atoms with E-state index in [2.05, 4.69) is 38.4 Å². The minimum absolute atomic E-state index is 0.736. The summed E-state index contributed by atoms with van der Waals surface area (Å²) in [6.45, 7) is 15.2. The van der Waals surface area contributed by atoms with Crippen LogP contribution in [0.15, 0.2) is 87.0 Å². The summed E-state index contributed by atoms with van der Waals surface area (Å²) >= 11 is 0. The molecule has 0 fully saturated rings. The lowest BCUT2D eigenvalue weighted by atomic mass is 10.0. The molecule has 0 aliphatic carbocycles. The second kappa shape index (κ2) is 10.9. The Morgan fingerprint density at radius 2 is 0.852 bits per heavy atom. The average Bonchev–Trinajstić information content (AvgIpc) is 2.63. The van der Waals surface area contributed by atoms with Crippen LogP contribution in [0.3, 0.4) is 0 Å². The topological polar surface area (TPSA) is 18.5 Å². The van der Waals surface area contributed by atoms with E-state index in [1.807, 2.05) is 48.6 Å². The van der Waals surface area contributed by atoms with Crippen molar-refractivity contribution in [3.63, 3.8) is 0 Å². The van der Waals surface area contributed by atoms with E-state index in [1.54, 1.807) is 0 Å². The highest BCUT2D eigenvalue weighted by Crippen LogP contribution is 2.21. The van der Waals surface area contributed by atoms with Crippen molar-refractivity contribution in [1.82, 2.24) is 0 Å². The van der Waals surface area contributed by atoms with E-state index in [0.29, 0.717) is 0 Å². The molecule has 0 heterocycles. The predicted octanol–water partition coefficient (Wildman–Crippen LogP) is 5.59. The van der Waals surface area contributed by atoms with Crippen molar-refractivity contribution in [2.45, 2.75) is 25.7 Å². The molecule has 2 nitrogen and oxygen atoms in total. The third-order valence-corrected chi connectivity index (χ3v) is 3.94. The number of rotatable bonds is 12. The lowest BCUT2D eigenvalue weighted by Crippen LogP contribution is -2.11. The fourth-order valence-corrected chi connectivity index (χ4v) is 2.87. The van der Waals surface area contributed by atoms with Crippen molar-refractivity contribution in [2.75, 3.05) is 0 Å². The first-order valence-corrected chi connectivity index (χ1v) is 9.02. The molecule has 0 aromatic heterocycles.